The second kappa shape index (κ2) is 4.04. The Morgan fingerprint density at radius 2 is 2.18 bits per heavy atom. The first-order valence-electron chi connectivity index (χ1n) is 6.17. The predicted molar refractivity (Wildman–Crippen MR) is 68.2 cm³/mol. The van der Waals surface area contributed by atoms with Crippen LogP contribution in [0.5, 0.6) is 0 Å². The van der Waals surface area contributed by atoms with Crippen molar-refractivity contribution < 1.29 is 0 Å². The fourth-order valence-corrected chi connectivity index (χ4v) is 2.79. The van der Waals surface area contributed by atoms with E-state index < -0.39 is 0 Å². The number of H-pyrrole nitrogens is 1. The van der Waals surface area contributed by atoms with Crippen molar-refractivity contribution in [3.05, 3.63) is 34.7 Å². The summed E-state index contributed by atoms with van der Waals surface area (Å²) in [6.45, 7) is 4.17. The summed E-state index contributed by atoms with van der Waals surface area (Å²) in [5, 5.41) is 3.37. The van der Waals surface area contributed by atoms with Crippen molar-refractivity contribution in [2.75, 3.05) is 13.1 Å². The highest BCUT2D eigenvalue weighted by molar-refractivity contribution is 5.75. The molecule has 2 heterocycles. The van der Waals surface area contributed by atoms with Crippen LogP contribution >= 0.6 is 0 Å². The molecular weight excluding hydrogens is 214 g/mol. The Balaban J connectivity index is 2.15. The van der Waals surface area contributed by atoms with E-state index in [9.17, 15) is 4.79 Å². The highest BCUT2D eigenvalue weighted by Gasteiger charge is 2.25. The van der Waals surface area contributed by atoms with Crippen LogP contribution < -0.4 is 11.0 Å². The molecule has 1 aromatic heterocycles. The van der Waals surface area contributed by atoms with E-state index in [-0.39, 0.29) is 5.69 Å². The lowest BCUT2D eigenvalue weighted by Crippen LogP contribution is -2.39. The molecule has 90 valence electrons. The summed E-state index contributed by atoms with van der Waals surface area (Å²) in [6.07, 6.45) is 1.02. The molecule has 1 aromatic carbocycles. The third-order valence-electron chi connectivity index (χ3n) is 3.70. The van der Waals surface area contributed by atoms with Crippen LogP contribution in [0.25, 0.3) is 11.0 Å². The van der Waals surface area contributed by atoms with Crippen molar-refractivity contribution in [2.24, 2.45) is 5.92 Å². The standard InChI is InChI=1S/C13H17N3O/c1-9-8-14-7-6-11(9)16-12-5-3-2-4-10(12)15-13(16)17/h2-5,9,11,14H,6-8H2,1H3,(H,15,17)/t9-,11+/m0/s1. The zero-order chi connectivity index (χ0) is 11.8. The van der Waals surface area contributed by atoms with E-state index in [1.165, 1.54) is 0 Å². The van der Waals surface area contributed by atoms with E-state index in [2.05, 4.69) is 17.2 Å². The minimum Gasteiger partial charge on any atom is -0.316 e. The van der Waals surface area contributed by atoms with Gasteiger partial charge in [-0.25, -0.2) is 4.79 Å². The Hall–Kier alpha value is -1.55. The molecule has 1 fully saturated rings. The number of benzene rings is 1. The average molecular weight is 231 g/mol. The quantitative estimate of drug-likeness (QED) is 0.781. The van der Waals surface area contributed by atoms with Crippen molar-refractivity contribution in [3.63, 3.8) is 0 Å². The molecule has 0 spiro atoms. The van der Waals surface area contributed by atoms with Gasteiger partial charge in [-0.2, -0.15) is 0 Å². The van der Waals surface area contributed by atoms with E-state index in [1.807, 2.05) is 28.8 Å². The molecule has 0 amide bonds. The number of aromatic nitrogens is 2. The first-order chi connectivity index (χ1) is 8.27. The van der Waals surface area contributed by atoms with E-state index in [4.69, 9.17) is 0 Å². The number of hydrogen-bond donors (Lipinski definition) is 2. The molecule has 1 aliphatic rings. The van der Waals surface area contributed by atoms with E-state index in [1.54, 1.807) is 0 Å². The SMILES string of the molecule is C[C@H]1CNCC[C@H]1n1c(=O)[nH]c2ccccc21. The monoisotopic (exact) mass is 231 g/mol. The third-order valence-corrected chi connectivity index (χ3v) is 3.70. The number of imidazole rings is 1. The van der Waals surface area contributed by atoms with Crippen LogP contribution in [-0.2, 0) is 0 Å². The van der Waals surface area contributed by atoms with E-state index in [0.29, 0.717) is 12.0 Å². The first-order valence-corrected chi connectivity index (χ1v) is 6.17. The highest BCUT2D eigenvalue weighted by atomic mass is 16.1. The predicted octanol–water partition coefficient (Wildman–Crippen LogP) is 1.50. The second-order valence-corrected chi connectivity index (χ2v) is 4.85. The third kappa shape index (κ3) is 1.69. The molecule has 4 nitrogen and oxygen atoms in total. The molecule has 1 saturated heterocycles. The summed E-state index contributed by atoms with van der Waals surface area (Å²) in [7, 11) is 0. The Morgan fingerprint density at radius 3 is 3.00 bits per heavy atom. The Kier molecular flexibility index (Phi) is 2.52. The van der Waals surface area contributed by atoms with Gasteiger partial charge in [0.05, 0.1) is 11.0 Å². The number of piperidine rings is 1. The normalized spacial score (nSPS) is 25.2. The van der Waals surface area contributed by atoms with E-state index in [0.717, 1.165) is 30.5 Å². The lowest BCUT2D eigenvalue weighted by molar-refractivity contribution is 0.274. The van der Waals surface area contributed by atoms with Crippen molar-refractivity contribution in [3.8, 4) is 0 Å². The van der Waals surface area contributed by atoms with Gasteiger partial charge in [0.15, 0.2) is 0 Å². The van der Waals surface area contributed by atoms with Crippen LogP contribution in [0.2, 0.25) is 0 Å². The lowest BCUT2D eigenvalue weighted by Gasteiger charge is -2.30. The zero-order valence-corrected chi connectivity index (χ0v) is 9.94. The molecular formula is C13H17N3O. The summed E-state index contributed by atoms with van der Waals surface area (Å²) in [5.41, 5.74) is 1.98. The highest BCUT2D eigenvalue weighted by Crippen LogP contribution is 2.26. The first kappa shape index (κ1) is 10.6. The van der Waals surface area contributed by atoms with Gasteiger partial charge in [0.2, 0.25) is 0 Å². The zero-order valence-electron chi connectivity index (χ0n) is 9.94. The number of aromatic amines is 1. The molecule has 0 bridgehead atoms. The van der Waals surface area contributed by atoms with Crippen LogP contribution in [0.3, 0.4) is 0 Å². The molecule has 2 N–H and O–H groups in total. The smallest absolute Gasteiger partial charge is 0.316 e. The number of nitrogens with one attached hydrogen (secondary N) is 2. The number of rotatable bonds is 1. The van der Waals surface area contributed by atoms with Gasteiger partial charge in [-0.05, 0) is 37.6 Å². The summed E-state index contributed by atoms with van der Waals surface area (Å²) in [4.78, 5) is 15.0. The van der Waals surface area contributed by atoms with Crippen molar-refractivity contribution in [1.82, 2.24) is 14.9 Å². The van der Waals surface area contributed by atoms with Gasteiger partial charge in [0.25, 0.3) is 0 Å². The second-order valence-electron chi connectivity index (χ2n) is 4.85. The molecule has 0 aliphatic carbocycles. The molecule has 4 heteroatoms. The minimum absolute atomic E-state index is 0.0185. The van der Waals surface area contributed by atoms with Gasteiger partial charge < -0.3 is 10.3 Å². The topological polar surface area (TPSA) is 49.8 Å². The number of fused-ring (bicyclic) bond motifs is 1. The number of para-hydroxylation sites is 2. The molecule has 0 saturated carbocycles. The minimum atomic E-state index is 0.0185. The largest absolute Gasteiger partial charge is 0.326 e. The van der Waals surface area contributed by atoms with Crippen molar-refractivity contribution in [1.29, 1.82) is 0 Å². The fourth-order valence-electron chi connectivity index (χ4n) is 2.79. The molecule has 17 heavy (non-hydrogen) atoms. The molecule has 0 radical (unpaired) electrons. The van der Waals surface area contributed by atoms with Crippen LogP contribution in [-0.4, -0.2) is 22.6 Å². The molecule has 3 rings (SSSR count). The average Bonchev–Trinajstić information content (AvgIpc) is 2.66. The van der Waals surface area contributed by atoms with Gasteiger partial charge >= 0.3 is 5.69 Å². The molecule has 0 unspecified atom stereocenters. The number of nitrogens with zero attached hydrogens (tertiary/aromatic N) is 1. The maximum absolute atomic E-state index is 12.1. The maximum Gasteiger partial charge on any atom is 0.326 e. The molecule has 2 aromatic rings. The Bertz CT molecular complexity index is 584. The summed E-state index contributed by atoms with van der Waals surface area (Å²) in [5.74, 6) is 0.487. The molecule has 1 aliphatic heterocycles. The van der Waals surface area contributed by atoms with Gasteiger partial charge in [-0.15, -0.1) is 0 Å². The number of hydrogen-bond acceptors (Lipinski definition) is 2. The fraction of sp³-hybridized carbons (Fsp3) is 0.462. The van der Waals surface area contributed by atoms with Crippen LogP contribution in [0.1, 0.15) is 19.4 Å². The summed E-state index contributed by atoms with van der Waals surface area (Å²) in [6, 6.07) is 8.22. The van der Waals surface area contributed by atoms with Gasteiger partial charge in [-0.1, -0.05) is 19.1 Å². The van der Waals surface area contributed by atoms with Gasteiger partial charge in [0.1, 0.15) is 0 Å². The van der Waals surface area contributed by atoms with Crippen LogP contribution in [0.15, 0.2) is 29.1 Å². The van der Waals surface area contributed by atoms with Crippen molar-refractivity contribution in [2.45, 2.75) is 19.4 Å². The van der Waals surface area contributed by atoms with Crippen LogP contribution in [0.4, 0.5) is 0 Å². The Morgan fingerprint density at radius 1 is 1.35 bits per heavy atom. The Labute approximate surface area is 99.6 Å². The summed E-state index contributed by atoms with van der Waals surface area (Å²) < 4.78 is 1.93. The van der Waals surface area contributed by atoms with Crippen molar-refractivity contribution >= 4 is 11.0 Å². The lowest BCUT2D eigenvalue weighted by atomic mass is 9.95. The maximum atomic E-state index is 12.1. The van der Waals surface area contributed by atoms with Gasteiger partial charge in [0, 0.05) is 6.04 Å². The van der Waals surface area contributed by atoms with Gasteiger partial charge in [-0.3, -0.25) is 4.57 Å². The van der Waals surface area contributed by atoms with Crippen LogP contribution in [0, 0.1) is 5.92 Å². The van der Waals surface area contributed by atoms with E-state index >= 15 is 0 Å². The summed E-state index contributed by atoms with van der Waals surface area (Å²) >= 11 is 0. The molecule has 2 atom stereocenters.